The third-order valence-corrected chi connectivity index (χ3v) is 4.35. The van der Waals surface area contributed by atoms with Crippen LogP contribution in [0.4, 0.5) is 10.5 Å². The number of primary amides is 1. The number of anilines is 1. The van der Waals surface area contributed by atoms with E-state index in [1.165, 1.54) is 4.90 Å². The summed E-state index contributed by atoms with van der Waals surface area (Å²) < 4.78 is 1.76. The Kier molecular flexibility index (Phi) is 4.69. The van der Waals surface area contributed by atoms with E-state index in [0.717, 1.165) is 24.2 Å². The number of nitrogens with one attached hydrogen (secondary N) is 1. The number of hydrogen-bond acceptors (Lipinski definition) is 4. The van der Waals surface area contributed by atoms with Crippen LogP contribution >= 0.6 is 0 Å². The van der Waals surface area contributed by atoms with Crippen molar-refractivity contribution >= 4 is 17.6 Å². The van der Waals surface area contributed by atoms with Crippen molar-refractivity contribution < 1.29 is 9.59 Å². The number of amides is 3. The van der Waals surface area contributed by atoms with Crippen LogP contribution in [0.15, 0.2) is 24.4 Å². The lowest BCUT2D eigenvalue weighted by molar-refractivity contribution is -0.121. The zero-order valence-electron chi connectivity index (χ0n) is 14.4. The van der Waals surface area contributed by atoms with E-state index in [2.05, 4.69) is 15.4 Å². The molecule has 1 fully saturated rings. The predicted molar refractivity (Wildman–Crippen MR) is 93.3 cm³/mol. The normalized spacial score (nSPS) is 17.4. The minimum atomic E-state index is -0.478. The summed E-state index contributed by atoms with van der Waals surface area (Å²) in [6.07, 6.45) is 3.13. The molecule has 1 atom stereocenters. The van der Waals surface area contributed by atoms with Crippen molar-refractivity contribution in [2.24, 2.45) is 11.7 Å². The molecule has 0 unspecified atom stereocenters. The minimum absolute atomic E-state index is 0.119. The molecule has 3 N–H and O–H groups in total. The van der Waals surface area contributed by atoms with Crippen molar-refractivity contribution in [2.75, 3.05) is 18.4 Å². The largest absolute Gasteiger partial charge is 0.351 e. The summed E-state index contributed by atoms with van der Waals surface area (Å²) in [6.45, 7) is 4.86. The van der Waals surface area contributed by atoms with Crippen LogP contribution in [0.5, 0.6) is 0 Å². The maximum absolute atomic E-state index is 12.4. The Morgan fingerprint density at radius 3 is 2.72 bits per heavy atom. The number of likely N-dealkylation sites (tertiary alicyclic amines) is 1. The average Bonchev–Trinajstić information content (AvgIpc) is 2.94. The van der Waals surface area contributed by atoms with Crippen LogP contribution in [-0.4, -0.2) is 44.7 Å². The second kappa shape index (κ2) is 6.92. The molecule has 1 aliphatic rings. The fraction of sp³-hybridized carbons (Fsp3) is 0.412. The van der Waals surface area contributed by atoms with Crippen LogP contribution < -0.4 is 11.1 Å². The summed E-state index contributed by atoms with van der Waals surface area (Å²) in [5.41, 5.74) is 7.84. The number of aromatic nitrogens is 3. The zero-order chi connectivity index (χ0) is 18.0. The maximum Gasteiger partial charge on any atom is 0.314 e. The third kappa shape index (κ3) is 3.78. The lowest BCUT2D eigenvalue weighted by Crippen LogP contribution is -2.46. The van der Waals surface area contributed by atoms with Crippen LogP contribution in [0.25, 0.3) is 5.82 Å². The van der Waals surface area contributed by atoms with Crippen LogP contribution in [0.3, 0.4) is 0 Å². The molecule has 0 radical (unpaired) electrons. The summed E-state index contributed by atoms with van der Waals surface area (Å²) in [7, 11) is 0. The van der Waals surface area contributed by atoms with E-state index in [1.54, 1.807) is 16.9 Å². The molecule has 1 aliphatic heterocycles. The van der Waals surface area contributed by atoms with E-state index in [1.807, 2.05) is 26.0 Å². The molecule has 8 heteroatoms. The Morgan fingerprint density at radius 2 is 2.12 bits per heavy atom. The van der Waals surface area contributed by atoms with Crippen molar-refractivity contribution in [3.05, 3.63) is 35.8 Å². The summed E-state index contributed by atoms with van der Waals surface area (Å²) in [5.74, 6) is 0.324. The van der Waals surface area contributed by atoms with Gasteiger partial charge in [-0.3, -0.25) is 4.79 Å². The minimum Gasteiger partial charge on any atom is -0.351 e. The van der Waals surface area contributed by atoms with Crippen LogP contribution in [-0.2, 0) is 4.79 Å². The van der Waals surface area contributed by atoms with Crippen molar-refractivity contribution in [3.63, 3.8) is 0 Å². The van der Waals surface area contributed by atoms with E-state index < -0.39 is 6.03 Å². The summed E-state index contributed by atoms with van der Waals surface area (Å²) in [5, 5.41) is 7.25. The number of nitrogens with zero attached hydrogens (tertiary/aromatic N) is 4. The Hall–Kier alpha value is -2.90. The van der Waals surface area contributed by atoms with E-state index >= 15 is 0 Å². The molecule has 3 rings (SSSR count). The molecular formula is C17H22N6O2. The molecule has 0 aliphatic carbocycles. The van der Waals surface area contributed by atoms with Gasteiger partial charge >= 0.3 is 6.03 Å². The molecule has 3 heterocycles. The molecule has 0 saturated carbocycles. The van der Waals surface area contributed by atoms with Crippen molar-refractivity contribution in [3.8, 4) is 5.82 Å². The Morgan fingerprint density at radius 1 is 1.32 bits per heavy atom. The maximum atomic E-state index is 12.4. The van der Waals surface area contributed by atoms with Gasteiger partial charge in [0.2, 0.25) is 5.91 Å². The highest BCUT2D eigenvalue weighted by Gasteiger charge is 2.27. The zero-order valence-corrected chi connectivity index (χ0v) is 14.4. The molecule has 132 valence electrons. The first kappa shape index (κ1) is 16.9. The predicted octanol–water partition coefficient (Wildman–Crippen LogP) is 1.61. The Labute approximate surface area is 146 Å². The van der Waals surface area contributed by atoms with Gasteiger partial charge < -0.3 is 16.0 Å². The van der Waals surface area contributed by atoms with E-state index in [9.17, 15) is 9.59 Å². The number of pyridine rings is 1. The number of rotatable bonds is 3. The van der Waals surface area contributed by atoms with Crippen molar-refractivity contribution in [1.29, 1.82) is 0 Å². The number of carbonyl (C=O) groups excluding carboxylic acids is 2. The Balaban J connectivity index is 1.66. The lowest BCUT2D eigenvalue weighted by atomic mass is 9.97. The third-order valence-electron chi connectivity index (χ3n) is 4.35. The molecule has 8 nitrogen and oxygen atoms in total. The molecule has 0 aromatic carbocycles. The van der Waals surface area contributed by atoms with Gasteiger partial charge in [0.25, 0.3) is 0 Å². The summed E-state index contributed by atoms with van der Waals surface area (Å²) >= 11 is 0. The highest BCUT2D eigenvalue weighted by Crippen LogP contribution is 2.19. The van der Waals surface area contributed by atoms with Crippen molar-refractivity contribution in [2.45, 2.75) is 26.7 Å². The van der Waals surface area contributed by atoms with Gasteiger partial charge in [0, 0.05) is 18.8 Å². The number of piperidine rings is 1. The number of hydrogen-bond donors (Lipinski definition) is 2. The number of aryl methyl sites for hydroxylation is 2. The standard InChI is InChI=1S/C17H22N6O2/c1-11-8-12(2)23(21-11)15-6-5-14(9-19-15)20-16(24)13-4-3-7-22(10-13)17(18)25/h5-6,8-9,13H,3-4,7,10H2,1-2H3,(H2,18,25)(H,20,24)/t13-/m0/s1. The van der Waals surface area contributed by atoms with Crippen LogP contribution in [0.1, 0.15) is 24.2 Å². The Bertz CT molecular complexity index is 783. The number of urea groups is 1. The second-order valence-corrected chi connectivity index (χ2v) is 6.36. The van der Waals surface area contributed by atoms with E-state index in [-0.39, 0.29) is 11.8 Å². The summed E-state index contributed by atoms with van der Waals surface area (Å²) in [4.78, 5) is 29.6. The fourth-order valence-corrected chi connectivity index (χ4v) is 3.08. The van der Waals surface area contributed by atoms with Gasteiger partial charge in [-0.1, -0.05) is 0 Å². The first-order valence-electron chi connectivity index (χ1n) is 8.29. The number of carbonyl (C=O) groups is 2. The molecule has 2 aromatic rings. The van der Waals surface area contributed by atoms with Crippen LogP contribution in [0, 0.1) is 19.8 Å². The summed E-state index contributed by atoms with van der Waals surface area (Å²) in [6, 6.07) is 5.11. The van der Waals surface area contributed by atoms with Gasteiger partial charge in [-0.25, -0.2) is 14.5 Å². The van der Waals surface area contributed by atoms with Crippen LogP contribution in [0.2, 0.25) is 0 Å². The van der Waals surface area contributed by atoms with E-state index in [0.29, 0.717) is 24.6 Å². The fourth-order valence-electron chi connectivity index (χ4n) is 3.08. The van der Waals surface area contributed by atoms with Crippen molar-refractivity contribution in [1.82, 2.24) is 19.7 Å². The van der Waals surface area contributed by atoms with Gasteiger partial charge in [0.05, 0.1) is 23.5 Å². The van der Waals surface area contributed by atoms with Gasteiger partial charge in [-0.2, -0.15) is 5.10 Å². The quantitative estimate of drug-likeness (QED) is 0.884. The van der Waals surface area contributed by atoms with E-state index in [4.69, 9.17) is 5.73 Å². The SMILES string of the molecule is Cc1cc(C)n(-c2ccc(NC(=O)[C@H]3CCCN(C(N)=O)C3)cn2)n1. The molecule has 0 spiro atoms. The molecule has 3 amide bonds. The smallest absolute Gasteiger partial charge is 0.314 e. The van der Waals surface area contributed by atoms with Gasteiger partial charge in [0.1, 0.15) is 0 Å². The second-order valence-electron chi connectivity index (χ2n) is 6.36. The average molecular weight is 342 g/mol. The van der Waals surface area contributed by atoms with Gasteiger partial charge in [0.15, 0.2) is 5.82 Å². The first-order valence-corrected chi connectivity index (χ1v) is 8.29. The molecule has 25 heavy (non-hydrogen) atoms. The lowest BCUT2D eigenvalue weighted by Gasteiger charge is -2.30. The monoisotopic (exact) mass is 342 g/mol. The van der Waals surface area contributed by atoms with Gasteiger partial charge in [-0.05, 0) is 44.9 Å². The molecule has 2 aromatic heterocycles. The molecular weight excluding hydrogens is 320 g/mol. The first-order chi connectivity index (χ1) is 11.9. The molecule has 1 saturated heterocycles. The van der Waals surface area contributed by atoms with Gasteiger partial charge in [-0.15, -0.1) is 0 Å². The highest BCUT2D eigenvalue weighted by molar-refractivity contribution is 5.93. The highest BCUT2D eigenvalue weighted by atomic mass is 16.2. The molecule has 0 bridgehead atoms. The number of nitrogens with two attached hydrogens (primary N) is 1. The topological polar surface area (TPSA) is 106 Å².